The first kappa shape index (κ1) is 15.4. The molecule has 0 amide bonds. The van der Waals surface area contributed by atoms with Gasteiger partial charge in [-0.05, 0) is 66.3 Å². The molecule has 6 rings (SSSR count). The van der Waals surface area contributed by atoms with Crippen molar-refractivity contribution in [1.82, 2.24) is 0 Å². The summed E-state index contributed by atoms with van der Waals surface area (Å²) in [5, 5.41) is 10.2. The molecule has 28 heavy (non-hydrogen) atoms. The van der Waals surface area contributed by atoms with E-state index in [1.807, 2.05) is 0 Å². The van der Waals surface area contributed by atoms with E-state index in [2.05, 4.69) is 109 Å². The Labute approximate surface area is 163 Å². The van der Waals surface area contributed by atoms with Crippen LogP contribution in [0.3, 0.4) is 0 Å². The van der Waals surface area contributed by atoms with E-state index in [-0.39, 0.29) is 0 Å². The fourth-order valence-electron chi connectivity index (χ4n) is 4.38. The molecular formula is C28H17. The Morgan fingerprint density at radius 1 is 0.429 bits per heavy atom. The van der Waals surface area contributed by atoms with Crippen LogP contribution in [-0.4, -0.2) is 0 Å². The van der Waals surface area contributed by atoms with Gasteiger partial charge in [0.1, 0.15) is 0 Å². The smallest absolute Gasteiger partial charge is 0.00261 e. The van der Waals surface area contributed by atoms with Crippen molar-refractivity contribution in [3.63, 3.8) is 0 Å². The largest absolute Gasteiger partial charge is 0.0616 e. The lowest BCUT2D eigenvalue weighted by atomic mass is 9.92. The highest BCUT2D eigenvalue weighted by Gasteiger charge is 2.08. The van der Waals surface area contributed by atoms with E-state index < -0.39 is 0 Å². The third-order valence-corrected chi connectivity index (χ3v) is 5.75. The lowest BCUT2D eigenvalue weighted by Gasteiger charge is -2.11. The maximum absolute atomic E-state index is 3.51. The van der Waals surface area contributed by atoms with Gasteiger partial charge in [0.05, 0.1) is 0 Å². The maximum Gasteiger partial charge on any atom is -0.00261 e. The second-order valence-electron chi connectivity index (χ2n) is 7.32. The molecule has 0 unspecified atom stereocenters. The lowest BCUT2D eigenvalue weighted by molar-refractivity contribution is 1.69. The van der Waals surface area contributed by atoms with Gasteiger partial charge in [0.2, 0.25) is 0 Å². The van der Waals surface area contributed by atoms with Gasteiger partial charge >= 0.3 is 0 Å². The molecule has 0 heteroatoms. The summed E-state index contributed by atoms with van der Waals surface area (Å²) in [6.45, 7) is 0. The number of fused-ring (bicyclic) bond motifs is 6. The topological polar surface area (TPSA) is 0 Å². The van der Waals surface area contributed by atoms with Gasteiger partial charge in [-0.3, -0.25) is 0 Å². The predicted molar refractivity (Wildman–Crippen MR) is 121 cm³/mol. The van der Waals surface area contributed by atoms with Crippen molar-refractivity contribution in [2.24, 2.45) is 0 Å². The second-order valence-corrected chi connectivity index (χ2v) is 7.32. The molecule has 0 aliphatic heterocycles. The summed E-state index contributed by atoms with van der Waals surface area (Å²) in [7, 11) is 0. The van der Waals surface area contributed by atoms with Crippen LogP contribution in [0.25, 0.3) is 54.2 Å². The number of rotatable bonds is 1. The molecule has 0 aliphatic carbocycles. The molecule has 0 aliphatic rings. The van der Waals surface area contributed by atoms with Crippen molar-refractivity contribution < 1.29 is 0 Å². The van der Waals surface area contributed by atoms with E-state index in [4.69, 9.17) is 0 Å². The average molecular weight is 353 g/mol. The zero-order chi connectivity index (χ0) is 18.5. The van der Waals surface area contributed by atoms with E-state index >= 15 is 0 Å². The number of hydrogen-bond donors (Lipinski definition) is 0. The first-order valence-corrected chi connectivity index (χ1v) is 9.62. The Bertz CT molecular complexity index is 1510. The van der Waals surface area contributed by atoms with Crippen molar-refractivity contribution >= 4 is 43.1 Å². The molecule has 6 aromatic carbocycles. The predicted octanol–water partition coefficient (Wildman–Crippen LogP) is 7.77. The normalized spacial score (nSPS) is 11.6. The molecule has 0 fully saturated rings. The molecule has 0 saturated carbocycles. The molecule has 0 nitrogen and oxygen atoms in total. The molecule has 0 N–H and O–H groups in total. The summed E-state index contributed by atoms with van der Waals surface area (Å²) in [4.78, 5) is 0. The minimum absolute atomic E-state index is 1.16. The van der Waals surface area contributed by atoms with E-state index in [0.717, 1.165) is 5.56 Å². The summed E-state index contributed by atoms with van der Waals surface area (Å²) < 4.78 is 0. The van der Waals surface area contributed by atoms with Crippen LogP contribution in [0.1, 0.15) is 0 Å². The van der Waals surface area contributed by atoms with Crippen molar-refractivity contribution in [3.8, 4) is 11.1 Å². The van der Waals surface area contributed by atoms with E-state index in [1.54, 1.807) is 0 Å². The minimum atomic E-state index is 1.16. The Morgan fingerprint density at radius 2 is 1.04 bits per heavy atom. The summed E-state index contributed by atoms with van der Waals surface area (Å²) in [5.74, 6) is 0. The zero-order valence-corrected chi connectivity index (χ0v) is 15.3. The van der Waals surface area contributed by atoms with E-state index in [1.165, 1.54) is 48.7 Å². The first-order valence-electron chi connectivity index (χ1n) is 9.62. The number of hydrogen-bond acceptors (Lipinski definition) is 0. The summed E-state index contributed by atoms with van der Waals surface area (Å²) in [6.07, 6.45) is 0. The highest BCUT2D eigenvalue weighted by molar-refractivity contribution is 6.13. The molecule has 0 heterocycles. The van der Waals surface area contributed by atoms with E-state index in [0.29, 0.717) is 0 Å². The Hall–Kier alpha value is -3.64. The van der Waals surface area contributed by atoms with Gasteiger partial charge in [-0.2, -0.15) is 0 Å². The van der Waals surface area contributed by atoms with Crippen LogP contribution in [0.5, 0.6) is 0 Å². The standard InChI is InChI=1S/C28H17/c1-3-8-23-20(7-1)16-17-27-25(10-5-11-26(23)27)22-15-14-21-13-12-19-6-2-4-9-24(19)28(21)18-22/h1-9,11-18H. The van der Waals surface area contributed by atoms with Crippen LogP contribution < -0.4 is 0 Å². The van der Waals surface area contributed by atoms with Crippen molar-refractivity contribution in [3.05, 3.63) is 109 Å². The van der Waals surface area contributed by atoms with Crippen LogP contribution in [0.4, 0.5) is 0 Å². The highest BCUT2D eigenvalue weighted by atomic mass is 14.1. The molecule has 6 aromatic rings. The lowest BCUT2D eigenvalue weighted by Crippen LogP contribution is -1.85. The monoisotopic (exact) mass is 353 g/mol. The molecule has 0 aromatic heterocycles. The van der Waals surface area contributed by atoms with Crippen LogP contribution >= 0.6 is 0 Å². The van der Waals surface area contributed by atoms with Gasteiger partial charge in [-0.25, -0.2) is 0 Å². The third-order valence-electron chi connectivity index (χ3n) is 5.75. The molecule has 0 saturated heterocycles. The Balaban J connectivity index is 1.68. The summed E-state index contributed by atoms with van der Waals surface area (Å²) >= 11 is 0. The summed E-state index contributed by atoms with van der Waals surface area (Å²) in [5.41, 5.74) is 2.38. The molecular weight excluding hydrogens is 336 g/mol. The Morgan fingerprint density at radius 3 is 1.82 bits per heavy atom. The quantitative estimate of drug-likeness (QED) is 0.265. The van der Waals surface area contributed by atoms with Gasteiger partial charge in [0, 0.05) is 0 Å². The van der Waals surface area contributed by atoms with Crippen LogP contribution in [-0.2, 0) is 0 Å². The molecule has 129 valence electrons. The Kier molecular flexibility index (Phi) is 3.27. The van der Waals surface area contributed by atoms with E-state index in [9.17, 15) is 0 Å². The molecule has 0 bridgehead atoms. The van der Waals surface area contributed by atoms with Crippen molar-refractivity contribution in [2.45, 2.75) is 0 Å². The molecule has 0 atom stereocenters. The van der Waals surface area contributed by atoms with Crippen LogP contribution in [0.15, 0.2) is 103 Å². The third kappa shape index (κ3) is 2.25. The van der Waals surface area contributed by atoms with Crippen molar-refractivity contribution in [2.75, 3.05) is 0 Å². The fraction of sp³-hybridized carbons (Fsp3) is 0. The highest BCUT2D eigenvalue weighted by Crippen LogP contribution is 2.35. The minimum Gasteiger partial charge on any atom is -0.0616 e. The fourth-order valence-corrected chi connectivity index (χ4v) is 4.38. The van der Waals surface area contributed by atoms with Gasteiger partial charge in [-0.15, -0.1) is 0 Å². The molecule has 1 radical (unpaired) electrons. The van der Waals surface area contributed by atoms with Gasteiger partial charge in [0.15, 0.2) is 0 Å². The van der Waals surface area contributed by atoms with Gasteiger partial charge in [-0.1, -0.05) is 97.1 Å². The average Bonchev–Trinajstić information content (AvgIpc) is 2.78. The van der Waals surface area contributed by atoms with Crippen LogP contribution in [0.2, 0.25) is 0 Å². The first-order chi connectivity index (χ1) is 13.9. The van der Waals surface area contributed by atoms with Gasteiger partial charge < -0.3 is 0 Å². The van der Waals surface area contributed by atoms with Gasteiger partial charge in [0.25, 0.3) is 0 Å². The molecule has 0 spiro atoms. The van der Waals surface area contributed by atoms with Crippen molar-refractivity contribution in [1.29, 1.82) is 0 Å². The zero-order valence-electron chi connectivity index (χ0n) is 15.3. The van der Waals surface area contributed by atoms with Crippen LogP contribution in [0, 0.1) is 6.07 Å². The maximum atomic E-state index is 3.51. The SMILES string of the molecule is [c]1ccc2c(ccc3ccccc32)c1-c1ccc2ccc3ccccc3c2c1. The summed E-state index contributed by atoms with van der Waals surface area (Å²) in [6, 6.07) is 40.5. The second kappa shape index (κ2) is 5.94. The number of benzene rings is 6.